The first-order valence-corrected chi connectivity index (χ1v) is 5.51. The molecular formula is C14H14NO2+. The number of carbonyl (C=O) groups excluding carboxylic acids is 2. The SMILES string of the molecule is C=C[N+]1(C=Cc2ccccc2)CCC(=O)C1=O. The maximum atomic E-state index is 11.8. The van der Waals surface area contributed by atoms with Gasteiger partial charge in [0.05, 0.1) is 6.42 Å². The second-order valence-electron chi connectivity index (χ2n) is 4.04. The predicted molar refractivity (Wildman–Crippen MR) is 65.4 cm³/mol. The summed E-state index contributed by atoms with van der Waals surface area (Å²) in [5, 5.41) is 0. The van der Waals surface area contributed by atoms with E-state index < -0.39 is 5.91 Å². The summed E-state index contributed by atoms with van der Waals surface area (Å²) < 4.78 is -0.0757. The molecule has 0 bridgehead atoms. The number of rotatable bonds is 3. The summed E-state index contributed by atoms with van der Waals surface area (Å²) in [5.41, 5.74) is 0.999. The van der Waals surface area contributed by atoms with Crippen LogP contribution < -0.4 is 0 Å². The lowest BCUT2D eigenvalue weighted by Gasteiger charge is -2.19. The van der Waals surface area contributed by atoms with Crippen molar-refractivity contribution in [2.45, 2.75) is 6.42 Å². The molecule has 1 aromatic carbocycles. The third kappa shape index (κ3) is 2.10. The van der Waals surface area contributed by atoms with E-state index in [2.05, 4.69) is 6.58 Å². The number of hydrogen-bond acceptors (Lipinski definition) is 2. The highest BCUT2D eigenvalue weighted by atomic mass is 16.2. The molecule has 86 valence electrons. The largest absolute Gasteiger partial charge is 0.391 e. The molecule has 1 heterocycles. The highest BCUT2D eigenvalue weighted by molar-refractivity contribution is 6.34. The minimum atomic E-state index is -0.396. The molecule has 0 radical (unpaired) electrons. The van der Waals surface area contributed by atoms with E-state index in [0.717, 1.165) is 5.56 Å². The molecule has 2 rings (SSSR count). The van der Waals surface area contributed by atoms with Crippen LogP contribution in [0.5, 0.6) is 0 Å². The Morgan fingerprint density at radius 1 is 1.18 bits per heavy atom. The minimum absolute atomic E-state index is 0.0757. The summed E-state index contributed by atoms with van der Waals surface area (Å²) in [6.07, 6.45) is 5.39. The molecule has 17 heavy (non-hydrogen) atoms. The van der Waals surface area contributed by atoms with Crippen LogP contribution in [-0.2, 0) is 9.59 Å². The van der Waals surface area contributed by atoms with Gasteiger partial charge in [-0.1, -0.05) is 30.3 Å². The number of benzene rings is 1. The molecule has 1 fully saturated rings. The molecule has 1 amide bonds. The van der Waals surface area contributed by atoms with Gasteiger partial charge in [0.1, 0.15) is 18.9 Å². The number of nitrogens with zero attached hydrogens (tertiary/aromatic N) is 1. The van der Waals surface area contributed by atoms with E-state index in [1.54, 1.807) is 6.20 Å². The lowest BCUT2D eigenvalue weighted by atomic mass is 10.2. The predicted octanol–water partition coefficient (Wildman–Crippen LogP) is 2.12. The van der Waals surface area contributed by atoms with Crippen LogP contribution in [0.2, 0.25) is 0 Å². The average molecular weight is 228 g/mol. The number of amides is 1. The Hall–Kier alpha value is -2.00. The molecule has 1 aliphatic heterocycles. The summed E-state index contributed by atoms with van der Waals surface area (Å²) in [7, 11) is 0. The molecule has 1 saturated heterocycles. The van der Waals surface area contributed by atoms with Gasteiger partial charge in [-0.05, 0) is 18.2 Å². The fourth-order valence-electron chi connectivity index (χ4n) is 1.89. The summed E-state index contributed by atoms with van der Waals surface area (Å²) in [6, 6.07) is 9.67. The van der Waals surface area contributed by atoms with Gasteiger partial charge in [-0.2, -0.15) is 0 Å². The zero-order valence-corrected chi connectivity index (χ0v) is 9.50. The first-order chi connectivity index (χ1) is 8.18. The monoisotopic (exact) mass is 228 g/mol. The van der Waals surface area contributed by atoms with Crippen LogP contribution in [0.1, 0.15) is 12.0 Å². The van der Waals surface area contributed by atoms with Gasteiger partial charge >= 0.3 is 5.91 Å². The van der Waals surface area contributed by atoms with Crippen molar-refractivity contribution in [3.05, 3.63) is 54.9 Å². The molecule has 0 saturated carbocycles. The van der Waals surface area contributed by atoms with Crippen LogP contribution in [0.15, 0.2) is 49.3 Å². The third-order valence-electron chi connectivity index (χ3n) is 2.98. The van der Waals surface area contributed by atoms with Crippen molar-refractivity contribution in [1.29, 1.82) is 0 Å². The van der Waals surface area contributed by atoms with Gasteiger partial charge in [0.25, 0.3) is 5.78 Å². The third-order valence-corrected chi connectivity index (χ3v) is 2.98. The van der Waals surface area contributed by atoms with Crippen LogP contribution in [0, 0.1) is 0 Å². The number of hydrogen-bond donors (Lipinski definition) is 0. The summed E-state index contributed by atoms with van der Waals surface area (Å²) >= 11 is 0. The van der Waals surface area contributed by atoms with Crippen molar-refractivity contribution in [1.82, 2.24) is 0 Å². The average Bonchev–Trinajstić information content (AvgIpc) is 2.66. The minimum Gasteiger partial charge on any atom is -0.284 e. The smallest absolute Gasteiger partial charge is 0.284 e. The van der Waals surface area contributed by atoms with Crippen LogP contribution >= 0.6 is 0 Å². The van der Waals surface area contributed by atoms with Gasteiger partial charge < -0.3 is 0 Å². The van der Waals surface area contributed by atoms with Crippen molar-refractivity contribution in [2.24, 2.45) is 0 Å². The van der Waals surface area contributed by atoms with E-state index in [1.807, 2.05) is 36.4 Å². The van der Waals surface area contributed by atoms with E-state index in [-0.39, 0.29) is 10.3 Å². The Kier molecular flexibility index (Phi) is 3.02. The molecule has 3 heteroatoms. The van der Waals surface area contributed by atoms with Gasteiger partial charge in [-0.15, -0.1) is 0 Å². The molecule has 0 aromatic heterocycles. The molecule has 3 nitrogen and oxygen atoms in total. The van der Waals surface area contributed by atoms with E-state index in [0.29, 0.717) is 13.0 Å². The molecule has 1 atom stereocenters. The first kappa shape index (κ1) is 11.5. The van der Waals surface area contributed by atoms with Gasteiger partial charge in [-0.25, -0.2) is 9.28 Å². The van der Waals surface area contributed by atoms with Crippen LogP contribution in [0.25, 0.3) is 6.08 Å². The van der Waals surface area contributed by atoms with E-state index in [1.165, 1.54) is 6.20 Å². The fraction of sp³-hybridized carbons (Fsp3) is 0.143. The van der Waals surface area contributed by atoms with Crippen LogP contribution in [0.3, 0.4) is 0 Å². The lowest BCUT2D eigenvalue weighted by Crippen LogP contribution is -2.39. The normalized spacial score (nSPS) is 24.5. The fourth-order valence-corrected chi connectivity index (χ4v) is 1.89. The number of likely N-dealkylation sites (tertiary alicyclic amines) is 1. The first-order valence-electron chi connectivity index (χ1n) is 5.51. The summed E-state index contributed by atoms with van der Waals surface area (Å²) in [4.78, 5) is 23.1. The Balaban J connectivity index is 2.27. The van der Waals surface area contributed by atoms with Crippen molar-refractivity contribution in [2.75, 3.05) is 6.54 Å². The van der Waals surface area contributed by atoms with E-state index >= 15 is 0 Å². The highest BCUT2D eigenvalue weighted by Gasteiger charge is 2.44. The molecule has 0 N–H and O–H groups in total. The topological polar surface area (TPSA) is 34.1 Å². The van der Waals surface area contributed by atoms with E-state index in [9.17, 15) is 9.59 Å². The number of carbonyl (C=O) groups is 2. The van der Waals surface area contributed by atoms with Crippen molar-refractivity contribution in [3.8, 4) is 0 Å². The highest BCUT2D eigenvalue weighted by Crippen LogP contribution is 2.21. The van der Waals surface area contributed by atoms with Crippen molar-refractivity contribution >= 4 is 17.8 Å². The Bertz CT molecular complexity index is 490. The zero-order chi connectivity index (χ0) is 12.3. The standard InChI is InChI=1S/C14H14NO2/c1-2-15(11-9-13(16)14(15)17)10-8-12-6-4-3-5-7-12/h2-8,10H,1,9,11H2/q+1. The van der Waals surface area contributed by atoms with Crippen LogP contribution in [0.4, 0.5) is 0 Å². The lowest BCUT2D eigenvalue weighted by molar-refractivity contribution is -0.736. The molecule has 0 spiro atoms. The van der Waals surface area contributed by atoms with Crippen molar-refractivity contribution in [3.63, 3.8) is 0 Å². The molecular weight excluding hydrogens is 214 g/mol. The molecule has 1 aromatic rings. The summed E-state index contributed by atoms with van der Waals surface area (Å²) in [5.74, 6) is -0.713. The van der Waals surface area contributed by atoms with E-state index in [4.69, 9.17) is 0 Å². The Labute approximate surface area is 100 Å². The second-order valence-corrected chi connectivity index (χ2v) is 4.04. The molecule has 1 aliphatic rings. The molecule has 1 unspecified atom stereocenters. The quantitative estimate of drug-likeness (QED) is 0.586. The van der Waals surface area contributed by atoms with Gasteiger partial charge in [0, 0.05) is 0 Å². The number of Topliss-reactive ketones (excluding diaryl/α,β-unsaturated/α-hetero) is 1. The number of quaternary nitrogens is 1. The zero-order valence-electron chi connectivity index (χ0n) is 9.50. The summed E-state index contributed by atoms with van der Waals surface area (Å²) in [6.45, 7) is 4.14. The second kappa shape index (κ2) is 4.47. The van der Waals surface area contributed by atoms with Gasteiger partial charge in [-0.3, -0.25) is 4.79 Å². The molecule has 0 aliphatic carbocycles. The Morgan fingerprint density at radius 2 is 1.88 bits per heavy atom. The maximum absolute atomic E-state index is 11.8. The van der Waals surface area contributed by atoms with Gasteiger partial charge in [0.2, 0.25) is 0 Å². The number of ketones is 1. The van der Waals surface area contributed by atoms with Crippen LogP contribution in [-0.4, -0.2) is 22.7 Å². The maximum Gasteiger partial charge on any atom is 0.391 e. The van der Waals surface area contributed by atoms with Gasteiger partial charge in [0.15, 0.2) is 0 Å². The Morgan fingerprint density at radius 3 is 2.41 bits per heavy atom. The van der Waals surface area contributed by atoms with Crippen molar-refractivity contribution < 1.29 is 14.1 Å².